The van der Waals surface area contributed by atoms with E-state index in [0.717, 1.165) is 45.0 Å². The van der Waals surface area contributed by atoms with Gasteiger partial charge in [-0.15, -0.1) is 0 Å². The van der Waals surface area contributed by atoms with E-state index in [-0.39, 0.29) is 12.1 Å². The normalized spacial score (nSPS) is 19.7. The quantitative estimate of drug-likeness (QED) is 0.584. The molecule has 2 atom stereocenters. The zero-order valence-electron chi connectivity index (χ0n) is 17.0. The zero-order chi connectivity index (χ0) is 19.0. The molecule has 0 spiro atoms. The maximum Gasteiger partial charge on any atom is 0.410 e. The van der Waals surface area contributed by atoms with Crippen molar-refractivity contribution >= 4 is 12.1 Å². The average Bonchev–Trinajstić information content (AvgIpc) is 2.97. The van der Waals surface area contributed by atoms with Gasteiger partial charge in [0.15, 0.2) is 5.96 Å². The van der Waals surface area contributed by atoms with Crippen molar-refractivity contribution in [2.75, 3.05) is 47.4 Å². The molecule has 7 heteroatoms. The first-order valence-electron chi connectivity index (χ1n) is 9.08. The molecule has 1 N–H and O–H groups in total. The summed E-state index contributed by atoms with van der Waals surface area (Å²) in [7, 11) is 5.34. The van der Waals surface area contributed by atoms with Crippen LogP contribution in [0.15, 0.2) is 4.99 Å². The Kier molecular flexibility index (Phi) is 8.48. The Morgan fingerprint density at radius 2 is 2.12 bits per heavy atom. The summed E-state index contributed by atoms with van der Waals surface area (Å²) in [5.41, 5.74) is -0.472. The molecular formula is C18H36N4O3. The van der Waals surface area contributed by atoms with E-state index in [1.165, 1.54) is 0 Å². The number of carbonyl (C=O) groups is 1. The number of amides is 1. The van der Waals surface area contributed by atoms with Crippen molar-refractivity contribution in [3.8, 4) is 0 Å². The number of rotatable bonds is 6. The van der Waals surface area contributed by atoms with Gasteiger partial charge in [-0.1, -0.05) is 0 Å². The third-order valence-electron chi connectivity index (χ3n) is 4.39. The molecule has 25 heavy (non-hydrogen) atoms. The van der Waals surface area contributed by atoms with E-state index >= 15 is 0 Å². The maximum atomic E-state index is 12.1. The summed E-state index contributed by atoms with van der Waals surface area (Å²) in [6, 6.07) is 0.0836. The van der Waals surface area contributed by atoms with Crippen molar-refractivity contribution in [3.63, 3.8) is 0 Å². The number of aliphatic imine (C=N–C) groups is 1. The monoisotopic (exact) mass is 356 g/mol. The Balaban J connectivity index is 2.38. The van der Waals surface area contributed by atoms with Crippen molar-refractivity contribution in [2.45, 2.75) is 52.2 Å². The van der Waals surface area contributed by atoms with E-state index in [4.69, 9.17) is 9.47 Å². The number of hydrogen-bond donors (Lipinski definition) is 1. The largest absolute Gasteiger partial charge is 0.444 e. The first kappa shape index (κ1) is 21.5. The van der Waals surface area contributed by atoms with Gasteiger partial charge >= 0.3 is 6.09 Å². The van der Waals surface area contributed by atoms with E-state index in [0.29, 0.717) is 5.92 Å². The SMILES string of the molecule is CN=C(NCCC(C)N(C)C(=O)OC(C)(C)C)N1CCC(COC)C1. The summed E-state index contributed by atoms with van der Waals surface area (Å²) < 4.78 is 10.7. The van der Waals surface area contributed by atoms with Crippen LogP contribution in [0.25, 0.3) is 0 Å². The van der Waals surface area contributed by atoms with Gasteiger partial charge in [-0.2, -0.15) is 0 Å². The molecule has 0 aliphatic carbocycles. The molecule has 0 bridgehead atoms. The predicted octanol–water partition coefficient (Wildman–Crippen LogP) is 2.18. The van der Waals surface area contributed by atoms with Crippen LogP contribution in [0.3, 0.4) is 0 Å². The van der Waals surface area contributed by atoms with Crippen molar-refractivity contribution in [1.29, 1.82) is 0 Å². The second-order valence-electron chi connectivity index (χ2n) is 7.76. The highest BCUT2D eigenvalue weighted by molar-refractivity contribution is 5.80. The number of guanidine groups is 1. The third kappa shape index (κ3) is 7.50. The third-order valence-corrected chi connectivity index (χ3v) is 4.39. The Bertz CT molecular complexity index is 448. The number of likely N-dealkylation sites (tertiary alicyclic amines) is 1. The molecule has 0 aromatic heterocycles. The van der Waals surface area contributed by atoms with Crippen LogP contribution in [0.2, 0.25) is 0 Å². The highest BCUT2D eigenvalue weighted by atomic mass is 16.6. The van der Waals surface area contributed by atoms with Gasteiger partial charge in [0.1, 0.15) is 5.60 Å². The molecule has 1 rings (SSSR count). The van der Waals surface area contributed by atoms with Crippen LogP contribution in [-0.2, 0) is 9.47 Å². The molecule has 1 aliphatic heterocycles. The minimum absolute atomic E-state index is 0.0836. The van der Waals surface area contributed by atoms with Crippen LogP contribution in [0.1, 0.15) is 40.5 Å². The van der Waals surface area contributed by atoms with Crippen LogP contribution in [0.5, 0.6) is 0 Å². The van der Waals surface area contributed by atoms with Gasteiger partial charge in [0.2, 0.25) is 0 Å². The highest BCUT2D eigenvalue weighted by Gasteiger charge is 2.25. The first-order chi connectivity index (χ1) is 11.7. The molecule has 1 heterocycles. The fourth-order valence-corrected chi connectivity index (χ4v) is 2.83. The molecule has 7 nitrogen and oxygen atoms in total. The van der Waals surface area contributed by atoms with E-state index in [2.05, 4.69) is 15.2 Å². The topological polar surface area (TPSA) is 66.4 Å². The van der Waals surface area contributed by atoms with Crippen molar-refractivity contribution in [1.82, 2.24) is 15.1 Å². The van der Waals surface area contributed by atoms with Gasteiger partial charge in [0, 0.05) is 52.8 Å². The van der Waals surface area contributed by atoms with Gasteiger partial charge in [0.25, 0.3) is 0 Å². The van der Waals surface area contributed by atoms with Gasteiger partial charge < -0.3 is 24.6 Å². The number of ether oxygens (including phenoxy) is 2. The van der Waals surface area contributed by atoms with Gasteiger partial charge in [0.05, 0.1) is 6.61 Å². The molecule has 0 radical (unpaired) electrons. The lowest BCUT2D eigenvalue weighted by atomic mass is 10.1. The molecule has 0 aromatic carbocycles. The van der Waals surface area contributed by atoms with Crippen molar-refractivity contribution < 1.29 is 14.3 Å². The lowest BCUT2D eigenvalue weighted by Crippen LogP contribution is -2.43. The lowest BCUT2D eigenvalue weighted by molar-refractivity contribution is 0.0230. The zero-order valence-corrected chi connectivity index (χ0v) is 17.0. The molecule has 1 amide bonds. The van der Waals surface area contributed by atoms with Crippen LogP contribution in [0, 0.1) is 5.92 Å². The summed E-state index contributed by atoms with van der Waals surface area (Å²) in [5, 5.41) is 3.40. The van der Waals surface area contributed by atoms with Crippen LogP contribution in [-0.4, -0.2) is 80.9 Å². The molecular weight excluding hydrogens is 320 g/mol. The number of hydrogen-bond acceptors (Lipinski definition) is 4. The first-order valence-corrected chi connectivity index (χ1v) is 9.08. The summed E-state index contributed by atoms with van der Waals surface area (Å²) >= 11 is 0. The average molecular weight is 357 g/mol. The molecule has 1 fully saturated rings. The fraction of sp³-hybridized carbons (Fsp3) is 0.889. The van der Waals surface area contributed by atoms with Crippen molar-refractivity contribution in [3.05, 3.63) is 0 Å². The van der Waals surface area contributed by atoms with E-state index in [1.807, 2.05) is 34.7 Å². The van der Waals surface area contributed by atoms with Gasteiger partial charge in [-0.05, 0) is 40.5 Å². The molecule has 2 unspecified atom stereocenters. The molecule has 1 saturated heterocycles. The lowest BCUT2D eigenvalue weighted by Gasteiger charge is -2.29. The number of methoxy groups -OCH3 is 1. The Morgan fingerprint density at radius 3 is 2.68 bits per heavy atom. The minimum Gasteiger partial charge on any atom is -0.444 e. The van der Waals surface area contributed by atoms with Crippen molar-refractivity contribution in [2.24, 2.45) is 10.9 Å². The molecule has 0 aromatic rings. The highest BCUT2D eigenvalue weighted by Crippen LogP contribution is 2.16. The molecule has 1 aliphatic rings. The second kappa shape index (κ2) is 9.85. The Labute approximate surface area is 152 Å². The van der Waals surface area contributed by atoms with E-state index in [9.17, 15) is 4.79 Å². The smallest absolute Gasteiger partial charge is 0.410 e. The maximum absolute atomic E-state index is 12.1. The van der Waals surface area contributed by atoms with E-state index in [1.54, 1.807) is 19.1 Å². The number of nitrogens with zero attached hydrogens (tertiary/aromatic N) is 3. The van der Waals surface area contributed by atoms with Crippen LogP contribution < -0.4 is 5.32 Å². The fourth-order valence-electron chi connectivity index (χ4n) is 2.83. The van der Waals surface area contributed by atoms with Gasteiger partial charge in [-0.25, -0.2) is 4.79 Å². The molecule has 146 valence electrons. The Morgan fingerprint density at radius 1 is 1.44 bits per heavy atom. The summed E-state index contributed by atoms with van der Waals surface area (Å²) in [5.74, 6) is 1.49. The summed E-state index contributed by atoms with van der Waals surface area (Å²) in [6.07, 6.45) is 1.67. The second-order valence-corrected chi connectivity index (χ2v) is 7.76. The van der Waals surface area contributed by atoms with E-state index < -0.39 is 5.60 Å². The Hall–Kier alpha value is -1.50. The van der Waals surface area contributed by atoms with Crippen LogP contribution in [0.4, 0.5) is 4.79 Å². The van der Waals surface area contributed by atoms with Gasteiger partial charge in [-0.3, -0.25) is 4.99 Å². The molecule has 0 saturated carbocycles. The standard InChI is InChI=1S/C18H36N4O3/c1-14(21(6)17(23)25-18(2,3)4)8-10-20-16(19-5)22-11-9-15(12-22)13-24-7/h14-15H,8-13H2,1-7H3,(H,19,20). The number of carbonyl (C=O) groups excluding carboxylic acids is 1. The number of nitrogens with one attached hydrogen (secondary N) is 1. The summed E-state index contributed by atoms with van der Waals surface area (Å²) in [4.78, 5) is 20.4. The summed E-state index contributed by atoms with van der Waals surface area (Å²) in [6.45, 7) is 11.2. The van der Waals surface area contributed by atoms with Crippen LogP contribution >= 0.6 is 0 Å². The predicted molar refractivity (Wildman–Crippen MR) is 101 cm³/mol. The minimum atomic E-state index is -0.472.